The summed E-state index contributed by atoms with van der Waals surface area (Å²) in [5.74, 6) is 2.05. The van der Waals surface area contributed by atoms with Crippen molar-refractivity contribution in [2.45, 2.75) is 13.5 Å². The average molecular weight is 550 g/mol. The third kappa shape index (κ3) is 6.25. The van der Waals surface area contributed by atoms with Crippen LogP contribution in [0.25, 0.3) is 0 Å². The lowest BCUT2D eigenvalue weighted by molar-refractivity contribution is 0.270. The van der Waals surface area contributed by atoms with Crippen molar-refractivity contribution in [3.63, 3.8) is 0 Å². The number of hydrogen-bond donors (Lipinski definition) is 1. The number of nitrogens with zero attached hydrogens (tertiary/aromatic N) is 6. The fourth-order valence-corrected chi connectivity index (χ4v) is 4.33. The molecular formula is C24H36IN7. The molecule has 1 N–H and O–H groups in total. The van der Waals surface area contributed by atoms with E-state index >= 15 is 0 Å². The van der Waals surface area contributed by atoms with Crippen molar-refractivity contribution < 1.29 is 0 Å². The van der Waals surface area contributed by atoms with E-state index in [1.807, 2.05) is 13.2 Å². The number of aliphatic imine (C=N–C) groups is 1. The lowest BCUT2D eigenvalue weighted by atomic mass is 10.2. The summed E-state index contributed by atoms with van der Waals surface area (Å²) in [7, 11) is 1.86. The first-order valence-electron chi connectivity index (χ1n) is 11.4. The topological polar surface area (TPSA) is 50.2 Å². The molecule has 8 heteroatoms. The molecule has 1 aromatic heterocycles. The minimum Gasteiger partial charge on any atom is -0.368 e. The van der Waals surface area contributed by atoms with Gasteiger partial charge in [-0.1, -0.05) is 31.2 Å². The molecule has 0 amide bonds. The number of nitrogens with one attached hydrogen (secondary N) is 1. The van der Waals surface area contributed by atoms with Gasteiger partial charge in [0, 0.05) is 77.8 Å². The van der Waals surface area contributed by atoms with Crippen LogP contribution in [0.4, 0.5) is 11.5 Å². The van der Waals surface area contributed by atoms with E-state index in [9.17, 15) is 0 Å². The number of para-hydroxylation sites is 1. The lowest BCUT2D eigenvalue weighted by Crippen LogP contribution is -2.52. The number of aromatic nitrogens is 1. The van der Waals surface area contributed by atoms with Gasteiger partial charge in [-0.15, -0.1) is 24.0 Å². The van der Waals surface area contributed by atoms with E-state index in [0.717, 1.165) is 77.2 Å². The van der Waals surface area contributed by atoms with Crippen molar-refractivity contribution in [3.05, 3.63) is 54.2 Å². The third-order valence-electron chi connectivity index (χ3n) is 6.32. The van der Waals surface area contributed by atoms with Crippen molar-refractivity contribution in [1.29, 1.82) is 0 Å². The molecule has 3 heterocycles. The van der Waals surface area contributed by atoms with Crippen LogP contribution in [0.5, 0.6) is 0 Å². The normalized spacial score (nSPS) is 17.8. The van der Waals surface area contributed by atoms with Gasteiger partial charge < -0.3 is 24.9 Å². The van der Waals surface area contributed by atoms with Crippen LogP contribution in [0.3, 0.4) is 0 Å². The van der Waals surface area contributed by atoms with E-state index in [1.54, 1.807) is 0 Å². The first-order valence-corrected chi connectivity index (χ1v) is 11.4. The quantitative estimate of drug-likeness (QED) is 0.352. The highest BCUT2D eigenvalue weighted by molar-refractivity contribution is 14.0. The van der Waals surface area contributed by atoms with Crippen LogP contribution in [0.15, 0.2) is 53.7 Å². The molecule has 1 aromatic carbocycles. The molecule has 0 unspecified atom stereocenters. The van der Waals surface area contributed by atoms with Crippen LogP contribution in [0, 0.1) is 0 Å². The molecule has 0 saturated carbocycles. The lowest BCUT2D eigenvalue weighted by Gasteiger charge is -2.37. The maximum Gasteiger partial charge on any atom is 0.194 e. The van der Waals surface area contributed by atoms with Gasteiger partial charge in [-0.05, 0) is 30.3 Å². The molecule has 2 aliphatic heterocycles. The molecule has 32 heavy (non-hydrogen) atoms. The summed E-state index contributed by atoms with van der Waals surface area (Å²) in [6.07, 6.45) is 2.00. The molecular weight excluding hydrogens is 513 g/mol. The third-order valence-corrected chi connectivity index (χ3v) is 6.32. The van der Waals surface area contributed by atoms with Crippen molar-refractivity contribution in [1.82, 2.24) is 20.1 Å². The summed E-state index contributed by atoms with van der Waals surface area (Å²) in [5.41, 5.74) is 2.48. The number of likely N-dealkylation sites (N-methyl/N-ethyl adjacent to an activating group) is 1. The summed E-state index contributed by atoms with van der Waals surface area (Å²) < 4.78 is 0. The second kappa shape index (κ2) is 12.2. The van der Waals surface area contributed by atoms with E-state index < -0.39 is 0 Å². The zero-order valence-electron chi connectivity index (χ0n) is 19.3. The van der Waals surface area contributed by atoms with Crippen LogP contribution in [-0.2, 0) is 6.54 Å². The van der Waals surface area contributed by atoms with Gasteiger partial charge in [0.05, 0.1) is 0 Å². The van der Waals surface area contributed by atoms with Gasteiger partial charge in [0.2, 0.25) is 0 Å². The molecule has 2 saturated heterocycles. The summed E-state index contributed by atoms with van der Waals surface area (Å²) in [4.78, 5) is 18.9. The monoisotopic (exact) mass is 549 g/mol. The van der Waals surface area contributed by atoms with E-state index in [4.69, 9.17) is 4.98 Å². The number of rotatable bonds is 5. The van der Waals surface area contributed by atoms with Gasteiger partial charge in [0.15, 0.2) is 5.96 Å². The van der Waals surface area contributed by atoms with Crippen LogP contribution in [0.1, 0.15) is 12.5 Å². The van der Waals surface area contributed by atoms with Crippen LogP contribution in [0.2, 0.25) is 0 Å². The molecule has 0 aliphatic carbocycles. The molecule has 0 bridgehead atoms. The highest BCUT2D eigenvalue weighted by Crippen LogP contribution is 2.16. The Bertz CT molecular complexity index is 827. The fourth-order valence-electron chi connectivity index (χ4n) is 4.33. The van der Waals surface area contributed by atoms with E-state index in [1.165, 1.54) is 11.3 Å². The zero-order valence-corrected chi connectivity index (χ0v) is 21.6. The minimum absolute atomic E-state index is 0. The zero-order chi connectivity index (χ0) is 21.5. The Morgan fingerprint density at radius 2 is 1.59 bits per heavy atom. The van der Waals surface area contributed by atoms with Crippen molar-refractivity contribution in [2.24, 2.45) is 4.99 Å². The van der Waals surface area contributed by atoms with Gasteiger partial charge in [-0.2, -0.15) is 0 Å². The number of guanidine groups is 1. The minimum atomic E-state index is 0. The van der Waals surface area contributed by atoms with Gasteiger partial charge >= 0.3 is 0 Å². The first kappa shape index (κ1) is 24.6. The largest absolute Gasteiger partial charge is 0.368 e. The predicted octanol–water partition coefficient (Wildman–Crippen LogP) is 2.74. The summed E-state index contributed by atoms with van der Waals surface area (Å²) in [6.45, 7) is 12.4. The first-order chi connectivity index (χ1) is 15.3. The average Bonchev–Trinajstić information content (AvgIpc) is 2.86. The number of halogens is 1. The van der Waals surface area contributed by atoms with Gasteiger partial charge in [0.1, 0.15) is 5.82 Å². The summed E-state index contributed by atoms with van der Waals surface area (Å²) >= 11 is 0. The highest BCUT2D eigenvalue weighted by atomic mass is 127. The Morgan fingerprint density at radius 1 is 0.906 bits per heavy atom. The van der Waals surface area contributed by atoms with Crippen LogP contribution >= 0.6 is 24.0 Å². The van der Waals surface area contributed by atoms with E-state index in [-0.39, 0.29) is 24.0 Å². The highest BCUT2D eigenvalue weighted by Gasteiger charge is 2.20. The van der Waals surface area contributed by atoms with Crippen molar-refractivity contribution in [3.8, 4) is 0 Å². The predicted molar refractivity (Wildman–Crippen MR) is 144 cm³/mol. The molecule has 4 rings (SSSR count). The Morgan fingerprint density at radius 3 is 2.19 bits per heavy atom. The van der Waals surface area contributed by atoms with E-state index in [0.29, 0.717) is 0 Å². The number of pyridine rings is 1. The maximum atomic E-state index is 4.72. The summed E-state index contributed by atoms with van der Waals surface area (Å²) in [6, 6.07) is 15.0. The van der Waals surface area contributed by atoms with E-state index in [2.05, 4.69) is 79.3 Å². The SMILES string of the molecule is CCN1CCN(c2ccc(CNC(=NC)N3CCN(c4ccccc4)CC3)cn2)CC1.I. The number of benzene rings is 1. The number of hydrogen-bond acceptors (Lipinski definition) is 5. The van der Waals surface area contributed by atoms with Crippen LogP contribution < -0.4 is 15.1 Å². The Labute approximate surface area is 209 Å². The van der Waals surface area contributed by atoms with Crippen molar-refractivity contribution >= 4 is 41.4 Å². The standard InChI is InChI=1S/C24H35N7.HI/c1-3-28-11-13-30(14-12-28)23-10-9-21(19-26-23)20-27-24(25-2)31-17-15-29(16-18-31)22-7-5-4-6-8-22;/h4-10,19H,3,11-18,20H2,1-2H3,(H,25,27);1H. The second-order valence-corrected chi connectivity index (χ2v) is 8.16. The van der Waals surface area contributed by atoms with Crippen molar-refractivity contribution in [2.75, 3.05) is 75.8 Å². The number of anilines is 2. The molecule has 2 aliphatic rings. The molecule has 0 atom stereocenters. The van der Waals surface area contributed by atoms with Gasteiger partial charge in [-0.3, -0.25) is 4.99 Å². The molecule has 174 valence electrons. The van der Waals surface area contributed by atoms with Gasteiger partial charge in [-0.25, -0.2) is 4.98 Å². The molecule has 0 radical (unpaired) electrons. The van der Waals surface area contributed by atoms with Crippen LogP contribution in [-0.4, -0.2) is 86.7 Å². The molecule has 2 fully saturated rings. The maximum absolute atomic E-state index is 4.72. The molecule has 2 aromatic rings. The fraction of sp³-hybridized carbons (Fsp3) is 0.500. The Balaban J connectivity index is 0.00000289. The summed E-state index contributed by atoms with van der Waals surface area (Å²) in [5, 5.41) is 3.52. The van der Waals surface area contributed by atoms with Gasteiger partial charge in [0.25, 0.3) is 0 Å². The second-order valence-electron chi connectivity index (χ2n) is 8.16. The smallest absolute Gasteiger partial charge is 0.194 e. The molecule has 7 nitrogen and oxygen atoms in total. The number of piperazine rings is 2. The Kier molecular flexibility index (Phi) is 9.40. The Hall–Kier alpha value is -2.07. The molecule has 0 spiro atoms.